The van der Waals surface area contributed by atoms with Crippen LogP contribution in [0.2, 0.25) is 0 Å². The lowest BCUT2D eigenvalue weighted by Gasteiger charge is -2.18. The van der Waals surface area contributed by atoms with Crippen LogP contribution < -0.4 is 10.2 Å². The van der Waals surface area contributed by atoms with Gasteiger partial charge in [-0.25, -0.2) is 4.98 Å². The molecular formula is C16H23N5. The molecule has 2 aromatic rings. The van der Waals surface area contributed by atoms with Crippen LogP contribution in [0.1, 0.15) is 25.2 Å². The van der Waals surface area contributed by atoms with E-state index < -0.39 is 0 Å². The summed E-state index contributed by atoms with van der Waals surface area (Å²) in [6.45, 7) is 6.83. The van der Waals surface area contributed by atoms with Crippen molar-refractivity contribution in [1.29, 1.82) is 0 Å². The molecular weight excluding hydrogens is 262 g/mol. The highest BCUT2D eigenvalue weighted by Gasteiger charge is 2.06. The van der Waals surface area contributed by atoms with E-state index in [1.807, 2.05) is 31.4 Å². The van der Waals surface area contributed by atoms with Crippen molar-refractivity contribution in [2.45, 2.75) is 26.9 Å². The van der Waals surface area contributed by atoms with Crippen molar-refractivity contribution in [3.63, 3.8) is 0 Å². The van der Waals surface area contributed by atoms with Gasteiger partial charge in [-0.1, -0.05) is 19.9 Å². The fourth-order valence-corrected chi connectivity index (χ4v) is 1.97. The van der Waals surface area contributed by atoms with Crippen molar-refractivity contribution in [3.05, 3.63) is 48.2 Å². The van der Waals surface area contributed by atoms with Crippen molar-refractivity contribution in [2.75, 3.05) is 18.5 Å². The van der Waals surface area contributed by atoms with Crippen LogP contribution in [0.4, 0.5) is 5.82 Å². The lowest BCUT2D eigenvalue weighted by Crippen LogP contribution is -2.22. The fraction of sp³-hybridized carbons (Fsp3) is 0.438. The van der Waals surface area contributed by atoms with E-state index in [1.54, 1.807) is 12.4 Å². The Balaban J connectivity index is 1.96. The summed E-state index contributed by atoms with van der Waals surface area (Å²) in [5.41, 5.74) is 1.98. The average Bonchev–Trinajstić information content (AvgIpc) is 2.48. The number of nitrogens with zero attached hydrogens (tertiary/aromatic N) is 4. The largest absolute Gasteiger partial charge is 0.352 e. The van der Waals surface area contributed by atoms with E-state index in [2.05, 4.69) is 39.0 Å². The van der Waals surface area contributed by atoms with Gasteiger partial charge in [-0.05, 0) is 24.6 Å². The number of rotatable bonds is 7. The number of nitrogens with one attached hydrogen (secondary N) is 1. The van der Waals surface area contributed by atoms with E-state index >= 15 is 0 Å². The van der Waals surface area contributed by atoms with Gasteiger partial charge in [0.05, 0.1) is 24.1 Å². The zero-order valence-corrected chi connectivity index (χ0v) is 13.0. The molecule has 0 aromatic carbocycles. The molecule has 0 aliphatic rings. The molecule has 1 N–H and O–H groups in total. The molecule has 21 heavy (non-hydrogen) atoms. The van der Waals surface area contributed by atoms with Crippen LogP contribution in [0.25, 0.3) is 0 Å². The van der Waals surface area contributed by atoms with E-state index in [4.69, 9.17) is 0 Å². The third-order valence-electron chi connectivity index (χ3n) is 3.05. The van der Waals surface area contributed by atoms with Crippen LogP contribution in [0.3, 0.4) is 0 Å². The molecule has 0 spiro atoms. The predicted octanol–water partition coefficient (Wildman–Crippen LogP) is 2.25. The van der Waals surface area contributed by atoms with E-state index in [-0.39, 0.29) is 0 Å². The molecule has 5 nitrogen and oxygen atoms in total. The molecule has 0 atom stereocenters. The Morgan fingerprint density at radius 1 is 1.19 bits per heavy atom. The van der Waals surface area contributed by atoms with Crippen molar-refractivity contribution >= 4 is 5.82 Å². The fourth-order valence-electron chi connectivity index (χ4n) is 1.97. The maximum Gasteiger partial charge on any atom is 0.147 e. The lowest BCUT2D eigenvalue weighted by atomic mass is 10.2. The van der Waals surface area contributed by atoms with E-state index in [0.29, 0.717) is 5.92 Å². The zero-order chi connectivity index (χ0) is 15.1. The Labute approximate surface area is 126 Å². The smallest absolute Gasteiger partial charge is 0.147 e. The summed E-state index contributed by atoms with van der Waals surface area (Å²) in [5, 5.41) is 3.38. The topological polar surface area (TPSA) is 53.9 Å². The summed E-state index contributed by atoms with van der Waals surface area (Å²) in [5.74, 6) is 1.50. The van der Waals surface area contributed by atoms with Gasteiger partial charge in [0.1, 0.15) is 5.82 Å². The van der Waals surface area contributed by atoms with E-state index in [9.17, 15) is 0 Å². The first-order valence-corrected chi connectivity index (χ1v) is 7.28. The van der Waals surface area contributed by atoms with Crippen molar-refractivity contribution < 1.29 is 0 Å². The van der Waals surface area contributed by atoms with E-state index in [1.165, 1.54) is 0 Å². The molecule has 5 heteroatoms. The first-order chi connectivity index (χ1) is 10.1. The number of anilines is 1. The van der Waals surface area contributed by atoms with Gasteiger partial charge in [-0.3, -0.25) is 9.97 Å². The zero-order valence-electron chi connectivity index (χ0n) is 13.0. The third kappa shape index (κ3) is 5.11. The Morgan fingerprint density at radius 2 is 2.05 bits per heavy atom. The highest BCUT2D eigenvalue weighted by molar-refractivity contribution is 5.35. The molecule has 0 unspecified atom stereocenters. The van der Waals surface area contributed by atoms with Crippen LogP contribution >= 0.6 is 0 Å². The number of hydrogen-bond acceptors (Lipinski definition) is 5. The molecule has 0 bridgehead atoms. The van der Waals surface area contributed by atoms with Gasteiger partial charge < -0.3 is 10.2 Å². The lowest BCUT2D eigenvalue weighted by molar-refractivity contribution is 0.547. The van der Waals surface area contributed by atoms with Crippen LogP contribution in [0.5, 0.6) is 0 Å². The minimum atomic E-state index is 0.632. The van der Waals surface area contributed by atoms with Crippen LogP contribution in [-0.4, -0.2) is 28.5 Å². The third-order valence-corrected chi connectivity index (χ3v) is 3.05. The summed E-state index contributed by atoms with van der Waals surface area (Å²) < 4.78 is 0. The molecule has 112 valence electrons. The average molecular weight is 285 g/mol. The molecule has 2 rings (SSSR count). The standard InChI is InChI=1S/C16H23N5/c1-13(2)8-17-9-15-10-18-11-16(20-15)21(3)12-14-6-4-5-7-19-14/h4-7,10-11,13,17H,8-9,12H2,1-3H3. The van der Waals surface area contributed by atoms with Gasteiger partial charge in [0.25, 0.3) is 0 Å². The van der Waals surface area contributed by atoms with Crippen molar-refractivity contribution in [2.24, 2.45) is 5.92 Å². The first-order valence-electron chi connectivity index (χ1n) is 7.28. The molecule has 0 aliphatic heterocycles. The normalized spacial score (nSPS) is 10.9. The molecule has 0 aliphatic carbocycles. The second-order valence-electron chi connectivity index (χ2n) is 5.57. The molecule has 0 saturated heterocycles. The van der Waals surface area contributed by atoms with Gasteiger partial charge in [0.2, 0.25) is 0 Å². The van der Waals surface area contributed by atoms with Crippen molar-refractivity contribution in [3.8, 4) is 0 Å². The second-order valence-corrected chi connectivity index (χ2v) is 5.57. The quantitative estimate of drug-likeness (QED) is 0.845. The van der Waals surface area contributed by atoms with Crippen molar-refractivity contribution in [1.82, 2.24) is 20.3 Å². The molecule has 0 amide bonds. The monoisotopic (exact) mass is 285 g/mol. The summed E-state index contributed by atoms with van der Waals surface area (Å²) in [4.78, 5) is 15.3. The predicted molar refractivity (Wildman–Crippen MR) is 84.9 cm³/mol. The van der Waals surface area contributed by atoms with Gasteiger partial charge in [0, 0.05) is 26.0 Å². The highest BCUT2D eigenvalue weighted by Crippen LogP contribution is 2.10. The Bertz CT molecular complexity index is 541. The second kappa shape index (κ2) is 7.69. The number of pyridine rings is 1. The Kier molecular flexibility index (Phi) is 5.63. The SMILES string of the molecule is CC(C)CNCc1cncc(N(C)Cc2ccccn2)n1. The highest BCUT2D eigenvalue weighted by atomic mass is 15.2. The Morgan fingerprint density at radius 3 is 2.76 bits per heavy atom. The molecule has 2 heterocycles. The number of hydrogen-bond donors (Lipinski definition) is 1. The maximum absolute atomic E-state index is 4.64. The maximum atomic E-state index is 4.64. The summed E-state index contributed by atoms with van der Waals surface area (Å²) in [7, 11) is 2.00. The van der Waals surface area contributed by atoms with Gasteiger partial charge in [0.15, 0.2) is 0 Å². The van der Waals surface area contributed by atoms with Gasteiger partial charge >= 0.3 is 0 Å². The summed E-state index contributed by atoms with van der Waals surface area (Å²) in [6, 6.07) is 5.93. The van der Waals surface area contributed by atoms with Gasteiger partial charge in [-0.15, -0.1) is 0 Å². The summed E-state index contributed by atoms with van der Waals surface area (Å²) in [6.07, 6.45) is 5.40. The molecule has 0 saturated carbocycles. The molecule has 0 radical (unpaired) electrons. The first kappa shape index (κ1) is 15.4. The van der Waals surface area contributed by atoms with Gasteiger partial charge in [-0.2, -0.15) is 0 Å². The minimum absolute atomic E-state index is 0.632. The molecule has 0 fully saturated rings. The molecule has 2 aromatic heterocycles. The minimum Gasteiger partial charge on any atom is -0.352 e. The van der Waals surface area contributed by atoms with Crippen LogP contribution in [0, 0.1) is 5.92 Å². The van der Waals surface area contributed by atoms with Crippen LogP contribution in [-0.2, 0) is 13.1 Å². The van der Waals surface area contributed by atoms with Crippen LogP contribution in [0.15, 0.2) is 36.8 Å². The Hall–Kier alpha value is -2.01. The number of aromatic nitrogens is 3. The summed E-state index contributed by atoms with van der Waals surface area (Å²) >= 11 is 0. The van der Waals surface area contributed by atoms with E-state index in [0.717, 1.165) is 36.8 Å².